The Morgan fingerprint density at radius 3 is 3.00 bits per heavy atom. The van der Waals surface area contributed by atoms with Crippen LogP contribution in [-0.4, -0.2) is 13.4 Å². The molecule has 0 bridgehead atoms. The van der Waals surface area contributed by atoms with Crippen LogP contribution >= 0.6 is 0 Å². The average Bonchev–Trinajstić information content (AvgIpc) is 2.14. The fourth-order valence-corrected chi connectivity index (χ4v) is 0.621. The van der Waals surface area contributed by atoms with Gasteiger partial charge in [0.15, 0.2) is 6.29 Å². The van der Waals surface area contributed by atoms with Crippen molar-refractivity contribution in [3.05, 3.63) is 6.61 Å². The Kier molecular flexibility index (Phi) is 1.65. The lowest BCUT2D eigenvalue weighted by molar-refractivity contribution is -0.0712. The second kappa shape index (κ2) is 2.28. The molecule has 0 spiro atoms. The van der Waals surface area contributed by atoms with E-state index < -0.39 is 0 Å². The molecule has 1 fully saturated rings. The second-order valence-electron chi connectivity index (χ2n) is 1.55. The van der Waals surface area contributed by atoms with Crippen LogP contribution in [0.4, 0.5) is 0 Å². The van der Waals surface area contributed by atoms with Crippen molar-refractivity contribution in [1.82, 2.24) is 0 Å². The molecule has 0 N–H and O–H groups in total. The van der Waals surface area contributed by atoms with Crippen molar-refractivity contribution in [1.29, 1.82) is 0 Å². The van der Waals surface area contributed by atoms with E-state index in [2.05, 4.69) is 0 Å². The highest BCUT2D eigenvalue weighted by atomic mass is 16.7. The topological polar surface area (TPSA) is 18.5 Å². The minimum Gasteiger partial charge on any atom is -0.356 e. The van der Waals surface area contributed by atoms with Crippen LogP contribution in [0.5, 0.6) is 0 Å². The van der Waals surface area contributed by atoms with E-state index in [0.29, 0.717) is 0 Å². The van der Waals surface area contributed by atoms with Crippen LogP contribution in [0.1, 0.15) is 12.8 Å². The maximum absolute atomic E-state index is 4.95. The molecular weight excluding hydrogens is 92.1 g/mol. The zero-order valence-corrected chi connectivity index (χ0v) is 4.39. The molecule has 0 aliphatic carbocycles. The first kappa shape index (κ1) is 5.06. The van der Waals surface area contributed by atoms with Crippen molar-refractivity contribution < 1.29 is 9.47 Å². The lowest BCUT2D eigenvalue weighted by Gasteiger charge is -2.02. The monoisotopic (exact) mass is 101 g/mol. The molecule has 1 rings (SSSR count). The third-order valence-corrected chi connectivity index (χ3v) is 1.03. The minimum atomic E-state index is 0.0417. The largest absolute Gasteiger partial charge is 0.356 e. The van der Waals surface area contributed by atoms with Crippen molar-refractivity contribution in [3.63, 3.8) is 0 Å². The molecule has 1 aliphatic rings. The second-order valence-corrected chi connectivity index (χ2v) is 1.55. The smallest absolute Gasteiger partial charge is 0.157 e. The van der Waals surface area contributed by atoms with Crippen LogP contribution in [0.25, 0.3) is 0 Å². The van der Waals surface area contributed by atoms with Crippen LogP contribution in [0.2, 0.25) is 0 Å². The Morgan fingerprint density at radius 1 is 1.86 bits per heavy atom. The molecule has 0 amide bonds. The number of ether oxygens (including phenoxy) is 2. The van der Waals surface area contributed by atoms with Gasteiger partial charge in [-0.05, 0) is 6.42 Å². The highest BCUT2D eigenvalue weighted by molar-refractivity contribution is 4.62. The van der Waals surface area contributed by atoms with Gasteiger partial charge in [0.05, 0.1) is 6.61 Å². The summed E-state index contributed by atoms with van der Waals surface area (Å²) >= 11 is 0. The summed E-state index contributed by atoms with van der Waals surface area (Å²) in [5, 5.41) is 0. The Bertz CT molecular complexity index is 48.0. The molecule has 1 heterocycles. The van der Waals surface area contributed by atoms with Crippen LogP contribution < -0.4 is 0 Å². The zero-order chi connectivity index (χ0) is 5.11. The molecule has 0 aromatic heterocycles. The Morgan fingerprint density at radius 2 is 2.71 bits per heavy atom. The van der Waals surface area contributed by atoms with Gasteiger partial charge in [0.1, 0.15) is 0 Å². The number of hydrogen-bond donors (Lipinski definition) is 0. The van der Waals surface area contributed by atoms with Gasteiger partial charge in [-0.3, -0.25) is 0 Å². The Hall–Kier alpha value is -0.0800. The minimum absolute atomic E-state index is 0.0417. The summed E-state index contributed by atoms with van der Waals surface area (Å²) in [6.07, 6.45) is 2.08. The third kappa shape index (κ3) is 1.14. The summed E-state index contributed by atoms with van der Waals surface area (Å²) in [5.74, 6) is 0. The average molecular weight is 101 g/mol. The van der Waals surface area contributed by atoms with E-state index >= 15 is 0 Å². The highest BCUT2D eigenvalue weighted by Crippen LogP contribution is 2.14. The number of methoxy groups -OCH3 is 1. The van der Waals surface area contributed by atoms with E-state index in [1.54, 1.807) is 13.7 Å². The van der Waals surface area contributed by atoms with E-state index in [4.69, 9.17) is 9.47 Å². The van der Waals surface area contributed by atoms with Gasteiger partial charge < -0.3 is 9.47 Å². The summed E-state index contributed by atoms with van der Waals surface area (Å²) < 4.78 is 9.81. The summed E-state index contributed by atoms with van der Waals surface area (Å²) in [6.45, 7) is 1.79. The Balaban J connectivity index is 2.14. The lowest BCUT2D eigenvalue weighted by Crippen LogP contribution is -2.04. The van der Waals surface area contributed by atoms with Crippen molar-refractivity contribution in [2.24, 2.45) is 0 Å². The summed E-state index contributed by atoms with van der Waals surface area (Å²) in [7, 11) is 1.66. The van der Waals surface area contributed by atoms with Crippen LogP contribution in [0.3, 0.4) is 0 Å². The summed E-state index contributed by atoms with van der Waals surface area (Å²) in [5.41, 5.74) is 0. The molecule has 1 radical (unpaired) electrons. The van der Waals surface area contributed by atoms with E-state index in [-0.39, 0.29) is 6.29 Å². The molecule has 7 heavy (non-hydrogen) atoms. The molecule has 1 unspecified atom stereocenters. The molecule has 1 saturated heterocycles. The first-order chi connectivity index (χ1) is 3.43. The first-order valence-electron chi connectivity index (χ1n) is 2.43. The van der Waals surface area contributed by atoms with E-state index in [1.807, 2.05) is 0 Å². The normalized spacial score (nSPS) is 31.3. The molecule has 0 saturated carbocycles. The van der Waals surface area contributed by atoms with Gasteiger partial charge in [0.25, 0.3) is 0 Å². The fraction of sp³-hybridized carbons (Fsp3) is 0.800. The van der Waals surface area contributed by atoms with Crippen molar-refractivity contribution >= 4 is 0 Å². The highest BCUT2D eigenvalue weighted by Gasteiger charge is 2.13. The fourth-order valence-electron chi connectivity index (χ4n) is 0.621. The van der Waals surface area contributed by atoms with Gasteiger partial charge in [0.2, 0.25) is 0 Å². The lowest BCUT2D eigenvalue weighted by atomic mass is 10.4. The molecule has 0 aromatic rings. The van der Waals surface area contributed by atoms with Gasteiger partial charge in [-0.15, -0.1) is 0 Å². The van der Waals surface area contributed by atoms with Crippen LogP contribution in [0.15, 0.2) is 0 Å². The predicted molar refractivity (Wildman–Crippen MR) is 25.4 cm³/mol. The van der Waals surface area contributed by atoms with Crippen molar-refractivity contribution in [2.45, 2.75) is 19.1 Å². The van der Waals surface area contributed by atoms with Crippen molar-refractivity contribution in [3.8, 4) is 0 Å². The molecule has 1 aliphatic heterocycles. The summed E-state index contributed by atoms with van der Waals surface area (Å²) in [4.78, 5) is 0. The Labute approximate surface area is 43.4 Å². The van der Waals surface area contributed by atoms with Gasteiger partial charge in [0, 0.05) is 13.5 Å². The SMILES string of the molecule is COC1CC[CH]O1. The van der Waals surface area contributed by atoms with E-state index in [0.717, 1.165) is 12.8 Å². The van der Waals surface area contributed by atoms with Gasteiger partial charge in [-0.25, -0.2) is 0 Å². The predicted octanol–water partition coefficient (Wildman–Crippen LogP) is 0.931. The molecule has 0 aromatic carbocycles. The van der Waals surface area contributed by atoms with Gasteiger partial charge in [-0.1, -0.05) is 0 Å². The van der Waals surface area contributed by atoms with Crippen LogP contribution in [-0.2, 0) is 9.47 Å². The molecule has 2 nitrogen and oxygen atoms in total. The maximum Gasteiger partial charge on any atom is 0.157 e. The van der Waals surface area contributed by atoms with Gasteiger partial charge in [-0.2, -0.15) is 0 Å². The maximum atomic E-state index is 4.95. The standard InChI is InChI=1S/C5H9O2/c1-6-5-3-2-4-7-5/h4-5H,2-3H2,1H3. The van der Waals surface area contributed by atoms with E-state index in [1.165, 1.54) is 0 Å². The number of hydrogen-bond acceptors (Lipinski definition) is 2. The zero-order valence-electron chi connectivity index (χ0n) is 4.39. The molecule has 41 valence electrons. The molecule has 2 heteroatoms. The quantitative estimate of drug-likeness (QED) is 0.489. The van der Waals surface area contributed by atoms with Gasteiger partial charge >= 0.3 is 0 Å². The molecular formula is C5H9O2. The first-order valence-corrected chi connectivity index (χ1v) is 2.43. The van der Waals surface area contributed by atoms with E-state index in [9.17, 15) is 0 Å². The van der Waals surface area contributed by atoms with Crippen LogP contribution in [0, 0.1) is 6.61 Å². The molecule has 1 atom stereocenters. The third-order valence-electron chi connectivity index (χ3n) is 1.03. The summed E-state index contributed by atoms with van der Waals surface area (Å²) in [6, 6.07) is 0. The number of rotatable bonds is 1. The van der Waals surface area contributed by atoms with Crippen molar-refractivity contribution in [2.75, 3.05) is 7.11 Å².